The molecule has 14 heavy (non-hydrogen) atoms. The van der Waals surface area contributed by atoms with Crippen molar-refractivity contribution in [3.05, 3.63) is 17.8 Å². The first-order valence-corrected chi connectivity index (χ1v) is 4.55. The van der Waals surface area contributed by atoms with E-state index in [-0.39, 0.29) is 0 Å². The van der Waals surface area contributed by atoms with E-state index < -0.39 is 0 Å². The van der Waals surface area contributed by atoms with E-state index in [9.17, 15) is 0 Å². The molecule has 0 aliphatic carbocycles. The van der Waals surface area contributed by atoms with Crippen molar-refractivity contribution < 1.29 is 4.42 Å². The third kappa shape index (κ3) is 1.41. The van der Waals surface area contributed by atoms with Crippen molar-refractivity contribution >= 4 is 0 Å². The molecule has 5 heteroatoms. The van der Waals surface area contributed by atoms with Gasteiger partial charge in [-0.3, -0.25) is 4.68 Å². The Hall–Kier alpha value is -1.65. The first kappa shape index (κ1) is 8.93. The second-order valence-electron chi connectivity index (χ2n) is 3.11. The van der Waals surface area contributed by atoms with Gasteiger partial charge in [-0.15, -0.1) is 10.2 Å². The molecule has 0 aliphatic rings. The van der Waals surface area contributed by atoms with Crippen molar-refractivity contribution in [2.75, 3.05) is 0 Å². The van der Waals surface area contributed by atoms with Crippen molar-refractivity contribution in [3.8, 4) is 11.5 Å². The van der Waals surface area contributed by atoms with Gasteiger partial charge in [-0.1, -0.05) is 0 Å². The van der Waals surface area contributed by atoms with Gasteiger partial charge in [0.05, 0.1) is 11.3 Å². The summed E-state index contributed by atoms with van der Waals surface area (Å²) in [5.74, 6) is 1.11. The van der Waals surface area contributed by atoms with Crippen LogP contribution in [0.5, 0.6) is 0 Å². The molecule has 74 valence electrons. The summed E-state index contributed by atoms with van der Waals surface area (Å²) in [6, 6.07) is 0. The molecule has 5 nitrogen and oxygen atoms in total. The van der Waals surface area contributed by atoms with Crippen molar-refractivity contribution in [1.82, 2.24) is 20.0 Å². The largest absolute Gasteiger partial charge is 0.421 e. The summed E-state index contributed by atoms with van der Waals surface area (Å²) >= 11 is 0. The Bertz CT molecular complexity index is 443. The molecule has 0 atom stereocenters. The summed E-state index contributed by atoms with van der Waals surface area (Å²) in [5, 5.41) is 12.0. The lowest BCUT2D eigenvalue weighted by Crippen LogP contribution is -1.93. The summed E-state index contributed by atoms with van der Waals surface area (Å²) in [4.78, 5) is 0. The number of aryl methyl sites for hydroxylation is 3. The smallest absolute Gasteiger partial charge is 0.251 e. The minimum atomic E-state index is 0.541. The minimum Gasteiger partial charge on any atom is -0.421 e. The Labute approximate surface area is 81.8 Å². The van der Waals surface area contributed by atoms with Crippen LogP contribution >= 0.6 is 0 Å². The van der Waals surface area contributed by atoms with Crippen LogP contribution in [-0.2, 0) is 6.54 Å². The van der Waals surface area contributed by atoms with E-state index >= 15 is 0 Å². The number of rotatable bonds is 2. The summed E-state index contributed by atoms with van der Waals surface area (Å²) in [7, 11) is 0. The fourth-order valence-corrected chi connectivity index (χ4v) is 1.30. The van der Waals surface area contributed by atoms with Crippen LogP contribution in [-0.4, -0.2) is 20.0 Å². The highest BCUT2D eigenvalue weighted by Crippen LogP contribution is 2.20. The van der Waals surface area contributed by atoms with Crippen molar-refractivity contribution in [1.29, 1.82) is 0 Å². The van der Waals surface area contributed by atoms with E-state index in [4.69, 9.17) is 4.42 Å². The van der Waals surface area contributed by atoms with Crippen LogP contribution in [0.1, 0.15) is 18.5 Å². The predicted octanol–water partition coefficient (Wildman–Crippen LogP) is 1.57. The Morgan fingerprint density at radius 2 is 2.14 bits per heavy atom. The average molecular weight is 192 g/mol. The van der Waals surface area contributed by atoms with Crippen LogP contribution in [0, 0.1) is 13.8 Å². The van der Waals surface area contributed by atoms with E-state index in [0.29, 0.717) is 11.8 Å². The van der Waals surface area contributed by atoms with Gasteiger partial charge in [-0.05, 0) is 13.8 Å². The molecule has 0 radical (unpaired) electrons. The van der Waals surface area contributed by atoms with Gasteiger partial charge in [0, 0.05) is 19.7 Å². The Morgan fingerprint density at radius 1 is 1.36 bits per heavy atom. The summed E-state index contributed by atoms with van der Waals surface area (Å²) in [5.41, 5.74) is 1.82. The van der Waals surface area contributed by atoms with Crippen LogP contribution in [0.3, 0.4) is 0 Å². The van der Waals surface area contributed by atoms with Crippen LogP contribution in [0.25, 0.3) is 11.5 Å². The van der Waals surface area contributed by atoms with Gasteiger partial charge in [-0.2, -0.15) is 5.10 Å². The molecule has 2 aromatic heterocycles. The van der Waals surface area contributed by atoms with Crippen molar-refractivity contribution in [2.45, 2.75) is 27.3 Å². The molecular weight excluding hydrogens is 180 g/mol. The van der Waals surface area contributed by atoms with E-state index in [1.54, 1.807) is 6.92 Å². The highest BCUT2D eigenvalue weighted by atomic mass is 16.4. The minimum absolute atomic E-state index is 0.541. The normalized spacial score (nSPS) is 10.8. The number of aromatic nitrogens is 4. The topological polar surface area (TPSA) is 56.7 Å². The third-order valence-electron chi connectivity index (χ3n) is 2.03. The molecule has 0 bridgehead atoms. The van der Waals surface area contributed by atoms with Gasteiger partial charge >= 0.3 is 0 Å². The molecule has 0 saturated heterocycles. The van der Waals surface area contributed by atoms with Crippen molar-refractivity contribution in [2.24, 2.45) is 0 Å². The highest BCUT2D eigenvalue weighted by molar-refractivity contribution is 5.54. The fourth-order valence-electron chi connectivity index (χ4n) is 1.30. The second kappa shape index (κ2) is 3.25. The van der Waals surface area contributed by atoms with E-state index in [0.717, 1.165) is 17.8 Å². The lowest BCUT2D eigenvalue weighted by Gasteiger charge is -1.89. The number of hydrogen-bond donors (Lipinski definition) is 0. The van der Waals surface area contributed by atoms with Gasteiger partial charge in [0.15, 0.2) is 0 Å². The molecule has 0 saturated carbocycles. The van der Waals surface area contributed by atoms with Crippen LogP contribution in [0.4, 0.5) is 0 Å². The van der Waals surface area contributed by atoms with E-state index in [2.05, 4.69) is 15.3 Å². The highest BCUT2D eigenvalue weighted by Gasteiger charge is 2.12. The molecule has 2 aromatic rings. The summed E-state index contributed by atoms with van der Waals surface area (Å²) in [6.07, 6.45) is 1.92. The van der Waals surface area contributed by atoms with E-state index in [1.807, 2.05) is 24.7 Å². The van der Waals surface area contributed by atoms with Gasteiger partial charge in [0.25, 0.3) is 5.89 Å². The molecule has 0 aromatic carbocycles. The quantitative estimate of drug-likeness (QED) is 0.724. The van der Waals surface area contributed by atoms with Gasteiger partial charge in [0.1, 0.15) is 0 Å². The lowest BCUT2D eigenvalue weighted by atomic mass is 10.3. The van der Waals surface area contributed by atoms with Gasteiger partial charge in [-0.25, -0.2) is 0 Å². The Morgan fingerprint density at radius 3 is 2.64 bits per heavy atom. The molecule has 2 rings (SSSR count). The molecule has 0 fully saturated rings. The first-order valence-electron chi connectivity index (χ1n) is 4.55. The standard InChI is InChI=1S/C9H12N4O/c1-4-13-5-8(6(2)12-13)9-11-10-7(3)14-9/h5H,4H2,1-3H3. The van der Waals surface area contributed by atoms with E-state index in [1.165, 1.54) is 0 Å². The molecule has 2 heterocycles. The maximum Gasteiger partial charge on any atom is 0.251 e. The zero-order valence-electron chi connectivity index (χ0n) is 8.48. The molecule has 0 amide bonds. The number of hydrogen-bond acceptors (Lipinski definition) is 4. The second-order valence-corrected chi connectivity index (χ2v) is 3.11. The van der Waals surface area contributed by atoms with Crippen molar-refractivity contribution in [3.63, 3.8) is 0 Å². The summed E-state index contributed by atoms with van der Waals surface area (Å²) < 4.78 is 7.18. The molecular formula is C9H12N4O. The number of nitrogens with zero attached hydrogens (tertiary/aromatic N) is 4. The molecule has 0 N–H and O–H groups in total. The van der Waals surface area contributed by atoms with Gasteiger partial charge < -0.3 is 4.42 Å². The zero-order valence-corrected chi connectivity index (χ0v) is 8.48. The Balaban J connectivity index is 2.45. The monoisotopic (exact) mass is 192 g/mol. The van der Waals surface area contributed by atoms with Crippen LogP contribution in [0.2, 0.25) is 0 Å². The van der Waals surface area contributed by atoms with Crippen LogP contribution in [0.15, 0.2) is 10.6 Å². The predicted molar refractivity (Wildman–Crippen MR) is 50.7 cm³/mol. The van der Waals surface area contributed by atoms with Crippen LogP contribution < -0.4 is 0 Å². The fraction of sp³-hybridized carbons (Fsp3) is 0.444. The third-order valence-corrected chi connectivity index (χ3v) is 2.03. The van der Waals surface area contributed by atoms with Gasteiger partial charge in [0.2, 0.25) is 5.89 Å². The summed E-state index contributed by atoms with van der Waals surface area (Å²) in [6.45, 7) is 6.58. The SMILES string of the molecule is CCn1cc(-c2nnc(C)o2)c(C)n1. The maximum atomic E-state index is 5.33. The molecule has 0 aliphatic heterocycles. The maximum absolute atomic E-state index is 5.33. The molecule has 0 spiro atoms. The lowest BCUT2D eigenvalue weighted by molar-refractivity contribution is 0.532. The Kier molecular flexibility index (Phi) is 2.07. The molecule has 0 unspecified atom stereocenters. The average Bonchev–Trinajstić information content (AvgIpc) is 2.71. The zero-order chi connectivity index (χ0) is 10.1. The first-order chi connectivity index (χ1) is 6.70.